The number of piperazine rings is 1. The maximum absolute atomic E-state index is 12.6. The molecule has 0 bridgehead atoms. The summed E-state index contributed by atoms with van der Waals surface area (Å²) in [6.45, 7) is 3.64. The number of hydrogen-bond donors (Lipinski definition) is 1. The van der Waals surface area contributed by atoms with Crippen LogP contribution < -0.4 is 5.73 Å². The maximum atomic E-state index is 12.6. The third-order valence-electron chi connectivity index (χ3n) is 3.50. The van der Waals surface area contributed by atoms with Gasteiger partial charge >= 0.3 is 0 Å². The van der Waals surface area contributed by atoms with Crippen molar-refractivity contribution >= 4 is 27.3 Å². The highest BCUT2D eigenvalue weighted by atomic mass is 35.5. The topological polar surface area (TPSA) is 66.6 Å². The number of benzene rings is 1. The van der Waals surface area contributed by atoms with Crippen LogP contribution >= 0.6 is 11.6 Å². The number of nitrogen functional groups attached to an aromatic ring is 1. The molecule has 1 fully saturated rings. The Morgan fingerprint density at radius 3 is 2.68 bits per heavy atom. The highest BCUT2D eigenvalue weighted by molar-refractivity contribution is 7.89. The lowest BCUT2D eigenvalue weighted by atomic mass is 10.2. The zero-order chi connectivity index (χ0) is 14.2. The highest BCUT2D eigenvalue weighted by Crippen LogP contribution is 2.27. The van der Waals surface area contributed by atoms with Crippen LogP contribution in [0.3, 0.4) is 0 Å². The summed E-state index contributed by atoms with van der Waals surface area (Å²) in [6.07, 6.45) is 0. The lowest BCUT2D eigenvalue weighted by Crippen LogP contribution is -2.51. The highest BCUT2D eigenvalue weighted by Gasteiger charge is 2.32. The molecule has 0 aliphatic carbocycles. The summed E-state index contributed by atoms with van der Waals surface area (Å²) >= 11 is 5.99. The molecule has 1 heterocycles. The van der Waals surface area contributed by atoms with Gasteiger partial charge in [0.25, 0.3) is 0 Å². The van der Waals surface area contributed by atoms with E-state index < -0.39 is 10.0 Å². The number of halogens is 1. The molecule has 2 N–H and O–H groups in total. The van der Waals surface area contributed by atoms with Crippen molar-refractivity contribution in [3.05, 3.63) is 23.2 Å². The Hall–Kier alpha value is -0.820. The van der Waals surface area contributed by atoms with Crippen molar-refractivity contribution in [3.63, 3.8) is 0 Å². The molecule has 0 saturated carbocycles. The minimum atomic E-state index is -3.58. The van der Waals surface area contributed by atoms with Gasteiger partial charge in [-0.15, -0.1) is 0 Å². The first kappa shape index (κ1) is 14.6. The van der Waals surface area contributed by atoms with E-state index in [2.05, 4.69) is 4.90 Å². The number of hydrogen-bond acceptors (Lipinski definition) is 4. The molecule has 1 aromatic carbocycles. The fourth-order valence-corrected chi connectivity index (χ4v) is 4.11. The van der Waals surface area contributed by atoms with Crippen molar-refractivity contribution in [3.8, 4) is 0 Å². The molecular weight excluding hydrogens is 286 g/mol. The molecule has 1 aromatic rings. The zero-order valence-electron chi connectivity index (χ0n) is 11.0. The monoisotopic (exact) mass is 303 g/mol. The van der Waals surface area contributed by atoms with E-state index in [1.54, 1.807) is 6.07 Å². The van der Waals surface area contributed by atoms with Gasteiger partial charge in [0.1, 0.15) is 4.90 Å². The van der Waals surface area contributed by atoms with Crippen LogP contribution in [0, 0.1) is 0 Å². The van der Waals surface area contributed by atoms with Crippen LogP contribution in [0.1, 0.15) is 6.92 Å². The zero-order valence-corrected chi connectivity index (χ0v) is 12.6. The van der Waals surface area contributed by atoms with Crippen LogP contribution in [0.2, 0.25) is 5.02 Å². The van der Waals surface area contributed by atoms with Crippen LogP contribution in [-0.4, -0.2) is 50.3 Å². The molecule has 2 rings (SSSR count). The van der Waals surface area contributed by atoms with Gasteiger partial charge in [-0.2, -0.15) is 4.31 Å². The summed E-state index contributed by atoms with van der Waals surface area (Å²) in [6, 6.07) is 4.71. The van der Waals surface area contributed by atoms with Gasteiger partial charge in [0.15, 0.2) is 0 Å². The molecule has 0 radical (unpaired) electrons. The maximum Gasteiger partial charge on any atom is 0.244 e. The predicted molar refractivity (Wildman–Crippen MR) is 76.7 cm³/mol. The fraction of sp³-hybridized carbons (Fsp3) is 0.500. The molecule has 0 spiro atoms. The third kappa shape index (κ3) is 2.86. The van der Waals surface area contributed by atoms with E-state index in [1.165, 1.54) is 16.4 Å². The molecule has 5 nitrogen and oxygen atoms in total. The molecule has 0 aromatic heterocycles. The van der Waals surface area contributed by atoms with Crippen LogP contribution in [0.5, 0.6) is 0 Å². The van der Waals surface area contributed by atoms with Crippen molar-refractivity contribution in [2.45, 2.75) is 17.9 Å². The number of anilines is 1. The number of nitrogens with zero attached hydrogens (tertiary/aromatic N) is 2. The first-order chi connectivity index (χ1) is 8.82. The van der Waals surface area contributed by atoms with E-state index in [1.807, 2.05) is 14.0 Å². The molecule has 1 unspecified atom stereocenters. The molecule has 1 aliphatic heterocycles. The van der Waals surface area contributed by atoms with E-state index in [9.17, 15) is 8.42 Å². The lowest BCUT2D eigenvalue weighted by molar-refractivity contribution is 0.159. The van der Waals surface area contributed by atoms with Crippen LogP contribution in [-0.2, 0) is 10.0 Å². The first-order valence-corrected chi connectivity index (χ1v) is 7.89. The second kappa shape index (κ2) is 5.28. The summed E-state index contributed by atoms with van der Waals surface area (Å²) in [4.78, 5) is 2.22. The van der Waals surface area contributed by atoms with Gasteiger partial charge in [-0.25, -0.2) is 8.42 Å². The Balaban J connectivity index is 2.35. The van der Waals surface area contributed by atoms with Crippen LogP contribution in [0.25, 0.3) is 0 Å². The third-order valence-corrected chi connectivity index (χ3v) is 5.84. The van der Waals surface area contributed by atoms with Crippen molar-refractivity contribution in [1.29, 1.82) is 0 Å². The molecule has 19 heavy (non-hydrogen) atoms. The van der Waals surface area contributed by atoms with Crippen molar-refractivity contribution in [1.82, 2.24) is 9.21 Å². The SMILES string of the molecule is CC1CN(S(=O)(=O)c2cc(N)ccc2Cl)CCN1C. The van der Waals surface area contributed by atoms with Crippen molar-refractivity contribution in [2.24, 2.45) is 0 Å². The molecule has 7 heteroatoms. The van der Waals surface area contributed by atoms with E-state index in [-0.39, 0.29) is 16.0 Å². The molecule has 1 saturated heterocycles. The normalized spacial score (nSPS) is 22.6. The lowest BCUT2D eigenvalue weighted by Gasteiger charge is -2.36. The second-order valence-corrected chi connectivity index (χ2v) is 7.20. The van der Waals surface area contributed by atoms with Gasteiger partial charge in [0.05, 0.1) is 5.02 Å². The van der Waals surface area contributed by atoms with Gasteiger partial charge in [-0.05, 0) is 32.2 Å². The number of rotatable bonds is 2. The molecular formula is C12H18ClN3O2S. The van der Waals surface area contributed by atoms with Crippen LogP contribution in [0.15, 0.2) is 23.1 Å². The average Bonchev–Trinajstić information content (AvgIpc) is 2.35. The first-order valence-electron chi connectivity index (χ1n) is 6.08. The Bertz CT molecular complexity index is 576. The Morgan fingerprint density at radius 1 is 1.37 bits per heavy atom. The molecule has 1 atom stereocenters. The Labute approximate surface area is 119 Å². The summed E-state index contributed by atoms with van der Waals surface area (Å²) < 4.78 is 26.6. The number of likely N-dealkylation sites (N-methyl/N-ethyl adjacent to an activating group) is 1. The summed E-state index contributed by atoms with van der Waals surface area (Å²) in [5.41, 5.74) is 6.05. The van der Waals surface area contributed by atoms with Gasteiger partial charge in [-0.3, -0.25) is 0 Å². The summed E-state index contributed by atoms with van der Waals surface area (Å²) in [7, 11) is -1.59. The van der Waals surface area contributed by atoms with Crippen molar-refractivity contribution < 1.29 is 8.42 Å². The Morgan fingerprint density at radius 2 is 2.05 bits per heavy atom. The number of nitrogens with two attached hydrogens (primary N) is 1. The average molecular weight is 304 g/mol. The summed E-state index contributed by atoms with van der Waals surface area (Å²) in [5.74, 6) is 0. The Kier molecular flexibility index (Phi) is 4.06. The largest absolute Gasteiger partial charge is 0.399 e. The van der Waals surface area contributed by atoms with Crippen molar-refractivity contribution in [2.75, 3.05) is 32.4 Å². The van der Waals surface area contributed by atoms with E-state index in [4.69, 9.17) is 17.3 Å². The quantitative estimate of drug-likeness (QED) is 0.835. The van der Waals surface area contributed by atoms with E-state index in [0.29, 0.717) is 25.3 Å². The standard InChI is InChI=1S/C12H18ClN3O2S/c1-9-8-16(6-5-15(9)2)19(17,18)12-7-10(14)3-4-11(12)13/h3-4,7,9H,5-6,8,14H2,1-2H3. The molecule has 1 aliphatic rings. The summed E-state index contributed by atoms with van der Waals surface area (Å²) in [5, 5.41) is 0.209. The minimum absolute atomic E-state index is 0.0888. The van der Waals surface area contributed by atoms with E-state index >= 15 is 0 Å². The fourth-order valence-electron chi connectivity index (χ4n) is 2.09. The molecule has 106 valence electrons. The minimum Gasteiger partial charge on any atom is -0.399 e. The van der Waals surface area contributed by atoms with Gasteiger partial charge in [0.2, 0.25) is 10.0 Å². The smallest absolute Gasteiger partial charge is 0.244 e. The van der Waals surface area contributed by atoms with Gasteiger partial charge < -0.3 is 10.6 Å². The van der Waals surface area contributed by atoms with Crippen LogP contribution in [0.4, 0.5) is 5.69 Å². The van der Waals surface area contributed by atoms with Gasteiger partial charge in [0, 0.05) is 31.4 Å². The van der Waals surface area contributed by atoms with Gasteiger partial charge in [-0.1, -0.05) is 11.6 Å². The second-order valence-electron chi connectivity index (χ2n) is 4.88. The molecule has 0 amide bonds. The van der Waals surface area contributed by atoms with E-state index in [0.717, 1.165) is 0 Å². The number of sulfonamides is 1. The predicted octanol–water partition coefficient (Wildman–Crippen LogP) is 1.25.